The van der Waals surface area contributed by atoms with Crippen molar-refractivity contribution in [1.29, 1.82) is 0 Å². The van der Waals surface area contributed by atoms with Crippen LogP contribution in [-0.2, 0) is 16.4 Å². The Hall–Kier alpha value is -1.37. The van der Waals surface area contributed by atoms with Crippen molar-refractivity contribution in [3.8, 4) is 0 Å². The van der Waals surface area contributed by atoms with Gasteiger partial charge in [0.05, 0.1) is 10.7 Å². The van der Waals surface area contributed by atoms with Crippen LogP contribution in [0.2, 0.25) is 5.02 Å². The van der Waals surface area contributed by atoms with Crippen LogP contribution in [0.1, 0.15) is 17.0 Å². The molecule has 7 heteroatoms. The maximum Gasteiger partial charge on any atom is 0.242 e. The number of nitrogens with one attached hydrogen (secondary N) is 2. The van der Waals surface area contributed by atoms with Crippen molar-refractivity contribution < 1.29 is 8.42 Å². The number of H-pyrrole nitrogens is 1. The summed E-state index contributed by atoms with van der Waals surface area (Å²) in [5, 5.41) is 7.18. The number of halogens is 1. The van der Waals surface area contributed by atoms with E-state index in [9.17, 15) is 8.42 Å². The van der Waals surface area contributed by atoms with Gasteiger partial charge < -0.3 is 0 Å². The summed E-state index contributed by atoms with van der Waals surface area (Å²) in [6.45, 7) is 4.11. The average Bonchev–Trinajstić information content (AvgIpc) is 2.70. The highest BCUT2D eigenvalue weighted by Gasteiger charge is 2.17. The molecule has 0 saturated heterocycles. The van der Waals surface area contributed by atoms with Crippen LogP contribution in [0.5, 0.6) is 0 Å². The van der Waals surface area contributed by atoms with Gasteiger partial charge in [0.15, 0.2) is 0 Å². The van der Waals surface area contributed by atoms with E-state index >= 15 is 0 Å². The van der Waals surface area contributed by atoms with E-state index in [1.807, 2.05) is 13.8 Å². The average molecular weight is 314 g/mol. The fourth-order valence-electron chi connectivity index (χ4n) is 1.99. The van der Waals surface area contributed by atoms with Gasteiger partial charge in [-0.1, -0.05) is 23.7 Å². The van der Waals surface area contributed by atoms with Crippen LogP contribution in [-0.4, -0.2) is 25.2 Å². The Morgan fingerprint density at radius 2 is 2.00 bits per heavy atom. The number of sulfonamides is 1. The second-order valence-electron chi connectivity index (χ2n) is 4.49. The summed E-state index contributed by atoms with van der Waals surface area (Å²) in [5.74, 6) is 0. The highest BCUT2D eigenvalue weighted by Crippen LogP contribution is 2.20. The van der Waals surface area contributed by atoms with Gasteiger partial charge in [-0.15, -0.1) is 0 Å². The van der Waals surface area contributed by atoms with Crippen molar-refractivity contribution >= 4 is 21.6 Å². The molecule has 0 aliphatic heterocycles. The van der Waals surface area contributed by atoms with Crippen LogP contribution in [0, 0.1) is 13.8 Å². The largest absolute Gasteiger partial charge is 0.282 e. The molecule has 1 aromatic carbocycles. The minimum Gasteiger partial charge on any atom is -0.282 e. The zero-order valence-electron chi connectivity index (χ0n) is 11.3. The van der Waals surface area contributed by atoms with Gasteiger partial charge in [0, 0.05) is 12.2 Å². The third-order valence-corrected chi connectivity index (χ3v) is 5.03. The highest BCUT2D eigenvalue weighted by atomic mass is 35.5. The number of benzene rings is 1. The molecular formula is C13H16ClN3O2S. The summed E-state index contributed by atoms with van der Waals surface area (Å²) in [6.07, 6.45) is 0.581. The van der Waals surface area contributed by atoms with E-state index < -0.39 is 10.0 Å². The highest BCUT2D eigenvalue weighted by molar-refractivity contribution is 7.89. The van der Waals surface area contributed by atoms with Crippen LogP contribution < -0.4 is 4.72 Å². The number of aromatic amines is 1. The first-order chi connectivity index (χ1) is 9.42. The minimum absolute atomic E-state index is 0.0994. The van der Waals surface area contributed by atoms with Crippen molar-refractivity contribution in [2.75, 3.05) is 6.54 Å². The molecule has 2 aromatic rings. The van der Waals surface area contributed by atoms with Crippen LogP contribution in [0.15, 0.2) is 29.2 Å². The lowest BCUT2D eigenvalue weighted by atomic mass is 10.1. The molecule has 20 heavy (non-hydrogen) atoms. The summed E-state index contributed by atoms with van der Waals surface area (Å²) < 4.78 is 26.8. The Morgan fingerprint density at radius 1 is 1.30 bits per heavy atom. The summed E-state index contributed by atoms with van der Waals surface area (Å²) in [6, 6.07) is 6.38. The molecule has 5 nitrogen and oxygen atoms in total. The van der Waals surface area contributed by atoms with E-state index in [0.29, 0.717) is 13.0 Å². The molecule has 0 unspecified atom stereocenters. The summed E-state index contributed by atoms with van der Waals surface area (Å²) in [7, 11) is -3.58. The topological polar surface area (TPSA) is 74.8 Å². The zero-order valence-corrected chi connectivity index (χ0v) is 12.8. The van der Waals surface area contributed by atoms with Gasteiger partial charge in [-0.2, -0.15) is 5.10 Å². The molecule has 2 rings (SSSR count). The van der Waals surface area contributed by atoms with Crippen LogP contribution >= 0.6 is 11.6 Å². The monoisotopic (exact) mass is 313 g/mol. The quantitative estimate of drug-likeness (QED) is 0.888. The molecule has 0 fully saturated rings. The van der Waals surface area contributed by atoms with Crippen molar-refractivity contribution in [1.82, 2.24) is 14.9 Å². The van der Waals surface area contributed by atoms with Gasteiger partial charge in [0.1, 0.15) is 4.90 Å². The number of aromatic nitrogens is 2. The van der Waals surface area contributed by atoms with Gasteiger partial charge >= 0.3 is 0 Å². The number of nitrogens with zero attached hydrogens (tertiary/aromatic N) is 1. The van der Waals surface area contributed by atoms with E-state index in [0.717, 1.165) is 17.0 Å². The van der Waals surface area contributed by atoms with E-state index in [1.165, 1.54) is 6.07 Å². The fourth-order valence-corrected chi connectivity index (χ4v) is 3.54. The molecule has 0 saturated carbocycles. The molecule has 0 aliphatic rings. The molecule has 0 bridgehead atoms. The summed E-state index contributed by atoms with van der Waals surface area (Å²) in [5.41, 5.74) is 2.88. The van der Waals surface area contributed by atoms with Crippen molar-refractivity contribution in [3.63, 3.8) is 0 Å². The Labute approximate surface area is 123 Å². The molecular weight excluding hydrogens is 298 g/mol. The number of hydrogen-bond acceptors (Lipinski definition) is 3. The van der Waals surface area contributed by atoms with Crippen LogP contribution in [0.25, 0.3) is 0 Å². The molecule has 0 spiro atoms. The maximum absolute atomic E-state index is 12.1. The van der Waals surface area contributed by atoms with Crippen LogP contribution in [0.3, 0.4) is 0 Å². The third kappa shape index (κ3) is 3.20. The van der Waals surface area contributed by atoms with E-state index in [4.69, 9.17) is 11.6 Å². The number of hydrogen-bond donors (Lipinski definition) is 2. The molecule has 0 amide bonds. The van der Waals surface area contributed by atoms with Crippen LogP contribution in [0.4, 0.5) is 0 Å². The molecule has 1 heterocycles. The molecule has 1 aromatic heterocycles. The van der Waals surface area contributed by atoms with E-state index in [1.54, 1.807) is 18.2 Å². The zero-order chi connectivity index (χ0) is 14.8. The maximum atomic E-state index is 12.1. The lowest BCUT2D eigenvalue weighted by Crippen LogP contribution is -2.26. The normalized spacial score (nSPS) is 11.8. The standard InChI is InChI=1S/C13H16ClN3O2S/c1-9-11(10(2)17-16-9)7-8-15-20(18,19)13-6-4-3-5-12(13)14/h3-6,15H,7-8H2,1-2H3,(H,16,17). The predicted molar refractivity (Wildman–Crippen MR) is 78.4 cm³/mol. The molecule has 108 valence electrons. The Balaban J connectivity index is 2.06. The Bertz CT molecular complexity index is 691. The second-order valence-corrected chi connectivity index (χ2v) is 6.63. The molecule has 0 aliphatic carbocycles. The molecule has 0 radical (unpaired) electrons. The molecule has 0 atom stereocenters. The first-order valence-electron chi connectivity index (χ1n) is 6.16. The molecule has 2 N–H and O–H groups in total. The first-order valence-corrected chi connectivity index (χ1v) is 8.02. The first kappa shape index (κ1) is 15.0. The summed E-state index contributed by atoms with van der Waals surface area (Å²) in [4.78, 5) is 0.0994. The minimum atomic E-state index is -3.58. The lowest BCUT2D eigenvalue weighted by Gasteiger charge is -2.08. The van der Waals surface area contributed by atoms with Gasteiger partial charge in [-0.3, -0.25) is 5.10 Å². The predicted octanol–water partition coefficient (Wildman–Crippen LogP) is 2.20. The van der Waals surface area contributed by atoms with Crippen molar-refractivity contribution in [3.05, 3.63) is 46.2 Å². The van der Waals surface area contributed by atoms with Gasteiger partial charge in [0.2, 0.25) is 10.0 Å². The lowest BCUT2D eigenvalue weighted by molar-refractivity contribution is 0.581. The van der Waals surface area contributed by atoms with Gasteiger partial charge in [-0.05, 0) is 38.0 Å². The number of rotatable bonds is 5. The van der Waals surface area contributed by atoms with Crippen molar-refractivity contribution in [2.45, 2.75) is 25.2 Å². The smallest absolute Gasteiger partial charge is 0.242 e. The number of aryl methyl sites for hydroxylation is 2. The summed E-state index contributed by atoms with van der Waals surface area (Å²) >= 11 is 5.90. The van der Waals surface area contributed by atoms with E-state index in [2.05, 4.69) is 14.9 Å². The Kier molecular flexibility index (Phi) is 4.47. The third-order valence-electron chi connectivity index (χ3n) is 3.07. The van der Waals surface area contributed by atoms with Gasteiger partial charge in [-0.25, -0.2) is 13.1 Å². The van der Waals surface area contributed by atoms with E-state index in [-0.39, 0.29) is 9.92 Å². The second kappa shape index (κ2) is 5.95. The Morgan fingerprint density at radius 3 is 2.60 bits per heavy atom. The van der Waals surface area contributed by atoms with Crippen molar-refractivity contribution in [2.24, 2.45) is 0 Å². The SMILES string of the molecule is Cc1n[nH]c(C)c1CCNS(=O)(=O)c1ccccc1Cl. The fraction of sp³-hybridized carbons (Fsp3) is 0.308. The van der Waals surface area contributed by atoms with Gasteiger partial charge in [0.25, 0.3) is 0 Å².